The fourth-order valence-corrected chi connectivity index (χ4v) is 1.81. The van der Waals surface area contributed by atoms with Crippen LogP contribution in [0.2, 0.25) is 0 Å². The molecule has 0 aliphatic carbocycles. The monoisotopic (exact) mass is 263 g/mol. The summed E-state index contributed by atoms with van der Waals surface area (Å²) in [4.78, 5) is 10.9. The first-order valence-electron chi connectivity index (χ1n) is 5.86. The Morgan fingerprint density at radius 3 is 2.95 bits per heavy atom. The molecule has 0 unspecified atom stereocenters. The normalized spacial score (nSPS) is 12.3. The first-order chi connectivity index (χ1) is 9.08. The molecule has 100 valence electrons. The summed E-state index contributed by atoms with van der Waals surface area (Å²) >= 11 is 0. The molecular weight excluding hydrogens is 249 g/mol. The lowest BCUT2D eigenvalue weighted by Crippen LogP contribution is -2.19. The summed E-state index contributed by atoms with van der Waals surface area (Å²) < 4.78 is 18.2. The summed E-state index contributed by atoms with van der Waals surface area (Å²) in [5.41, 5.74) is 0.933. The molecule has 2 N–H and O–H groups in total. The third-order valence-corrected chi connectivity index (χ3v) is 2.89. The molecule has 2 rings (SSSR count). The Labute approximate surface area is 109 Å². The van der Waals surface area contributed by atoms with E-state index in [9.17, 15) is 9.18 Å². The second-order valence-electron chi connectivity index (χ2n) is 4.22. The second-order valence-corrected chi connectivity index (χ2v) is 4.22. The van der Waals surface area contributed by atoms with Gasteiger partial charge in [0.05, 0.1) is 12.8 Å². The van der Waals surface area contributed by atoms with Gasteiger partial charge in [-0.25, -0.2) is 9.18 Å². The van der Waals surface area contributed by atoms with Crippen LogP contribution >= 0.6 is 0 Å². The zero-order valence-corrected chi connectivity index (χ0v) is 10.4. The lowest BCUT2D eigenvalue weighted by Gasteiger charge is -2.13. The van der Waals surface area contributed by atoms with E-state index in [4.69, 9.17) is 9.52 Å². The summed E-state index contributed by atoms with van der Waals surface area (Å²) in [5.74, 6) is -0.963. The predicted molar refractivity (Wildman–Crippen MR) is 67.3 cm³/mol. The summed E-state index contributed by atoms with van der Waals surface area (Å²) in [5, 5.41) is 12.0. The molecule has 0 saturated carbocycles. The van der Waals surface area contributed by atoms with Gasteiger partial charge in [0.25, 0.3) is 0 Å². The zero-order valence-electron chi connectivity index (χ0n) is 10.4. The van der Waals surface area contributed by atoms with Crippen molar-refractivity contribution in [3.05, 3.63) is 59.3 Å². The minimum absolute atomic E-state index is 0.109. The third kappa shape index (κ3) is 3.20. The number of carboxylic acid groups (broad SMARTS) is 1. The summed E-state index contributed by atoms with van der Waals surface area (Å²) in [7, 11) is 0. The molecule has 1 aromatic heterocycles. The Morgan fingerprint density at radius 2 is 2.26 bits per heavy atom. The first-order valence-corrected chi connectivity index (χ1v) is 5.86. The minimum atomic E-state index is -1.02. The first kappa shape index (κ1) is 13.3. The summed E-state index contributed by atoms with van der Waals surface area (Å²) in [6.07, 6.45) is 1.34. The van der Waals surface area contributed by atoms with Gasteiger partial charge < -0.3 is 14.8 Å². The highest BCUT2D eigenvalue weighted by Gasteiger charge is 2.14. The lowest BCUT2D eigenvalue weighted by atomic mass is 10.1. The van der Waals surface area contributed by atoms with Gasteiger partial charge in [0.1, 0.15) is 17.1 Å². The lowest BCUT2D eigenvalue weighted by molar-refractivity contribution is 0.0694. The van der Waals surface area contributed by atoms with E-state index in [1.165, 1.54) is 24.5 Å². The van der Waals surface area contributed by atoms with Crippen molar-refractivity contribution in [2.75, 3.05) is 0 Å². The molecule has 0 saturated heterocycles. The fraction of sp³-hybridized carbons (Fsp3) is 0.214. The van der Waals surface area contributed by atoms with Gasteiger partial charge in [-0.05, 0) is 30.7 Å². The van der Waals surface area contributed by atoms with Crippen molar-refractivity contribution in [3.63, 3.8) is 0 Å². The van der Waals surface area contributed by atoms with Gasteiger partial charge >= 0.3 is 5.97 Å². The molecule has 0 radical (unpaired) electrons. The highest BCUT2D eigenvalue weighted by atomic mass is 19.1. The van der Waals surface area contributed by atoms with Gasteiger partial charge in [0.2, 0.25) is 0 Å². The molecule has 2 aromatic rings. The van der Waals surface area contributed by atoms with Gasteiger partial charge in [-0.1, -0.05) is 12.1 Å². The highest BCUT2D eigenvalue weighted by Crippen LogP contribution is 2.16. The van der Waals surface area contributed by atoms with Gasteiger partial charge in [-0.15, -0.1) is 0 Å². The number of carboxylic acids is 1. The van der Waals surface area contributed by atoms with Gasteiger partial charge in [-0.3, -0.25) is 0 Å². The van der Waals surface area contributed by atoms with Crippen LogP contribution in [-0.4, -0.2) is 11.1 Å². The number of hydrogen-bond donors (Lipinski definition) is 2. The van der Waals surface area contributed by atoms with Crippen LogP contribution in [0.5, 0.6) is 0 Å². The van der Waals surface area contributed by atoms with E-state index in [0.717, 1.165) is 5.56 Å². The molecule has 0 fully saturated rings. The molecule has 5 heteroatoms. The Bertz CT molecular complexity index is 580. The van der Waals surface area contributed by atoms with E-state index in [-0.39, 0.29) is 24.0 Å². The average Bonchev–Trinajstić information content (AvgIpc) is 2.84. The van der Waals surface area contributed by atoms with Crippen molar-refractivity contribution < 1.29 is 18.7 Å². The van der Waals surface area contributed by atoms with Crippen molar-refractivity contribution in [2.45, 2.75) is 19.5 Å². The summed E-state index contributed by atoms with van der Waals surface area (Å²) in [6, 6.07) is 7.57. The Hall–Kier alpha value is -2.14. The number of rotatable bonds is 5. The Kier molecular flexibility index (Phi) is 3.97. The highest BCUT2D eigenvalue weighted by molar-refractivity contribution is 5.88. The molecule has 0 aliphatic heterocycles. The van der Waals surface area contributed by atoms with E-state index < -0.39 is 5.97 Å². The molecule has 1 aromatic carbocycles. The molecule has 0 aliphatic rings. The van der Waals surface area contributed by atoms with Crippen molar-refractivity contribution in [2.24, 2.45) is 0 Å². The van der Waals surface area contributed by atoms with E-state index in [1.807, 2.05) is 6.92 Å². The van der Waals surface area contributed by atoms with Crippen molar-refractivity contribution in [1.29, 1.82) is 0 Å². The molecule has 1 heterocycles. The second kappa shape index (κ2) is 5.67. The van der Waals surface area contributed by atoms with Crippen LogP contribution in [-0.2, 0) is 6.54 Å². The zero-order chi connectivity index (χ0) is 13.8. The topological polar surface area (TPSA) is 62.5 Å². The number of halogens is 1. The fourth-order valence-electron chi connectivity index (χ4n) is 1.81. The van der Waals surface area contributed by atoms with Crippen LogP contribution in [0, 0.1) is 5.82 Å². The van der Waals surface area contributed by atoms with Crippen molar-refractivity contribution in [1.82, 2.24) is 5.32 Å². The number of furan rings is 1. The van der Waals surface area contributed by atoms with Crippen LogP contribution in [0.3, 0.4) is 0 Å². The minimum Gasteiger partial charge on any atom is -0.478 e. The Morgan fingerprint density at radius 1 is 1.47 bits per heavy atom. The standard InChI is InChI=1S/C14H14FNO3/c1-9(10-3-2-4-11(15)7-10)16-8-13-12(14(17)18)5-6-19-13/h2-7,9,16H,8H2,1H3,(H,17,18)/t9-/m0/s1. The van der Waals surface area contributed by atoms with Crippen LogP contribution in [0.1, 0.15) is 34.6 Å². The maximum absolute atomic E-state index is 13.1. The Balaban J connectivity index is 2.02. The quantitative estimate of drug-likeness (QED) is 0.870. The van der Waals surface area contributed by atoms with E-state index >= 15 is 0 Å². The molecule has 19 heavy (non-hydrogen) atoms. The molecular formula is C14H14FNO3. The number of hydrogen-bond acceptors (Lipinski definition) is 3. The molecule has 4 nitrogen and oxygen atoms in total. The van der Waals surface area contributed by atoms with Gasteiger partial charge in [-0.2, -0.15) is 0 Å². The number of nitrogens with one attached hydrogen (secondary N) is 1. The van der Waals surface area contributed by atoms with Crippen LogP contribution in [0.4, 0.5) is 4.39 Å². The van der Waals surface area contributed by atoms with Crippen LogP contribution < -0.4 is 5.32 Å². The van der Waals surface area contributed by atoms with Gasteiger partial charge in [0.15, 0.2) is 0 Å². The largest absolute Gasteiger partial charge is 0.478 e. The summed E-state index contributed by atoms with van der Waals surface area (Å²) in [6.45, 7) is 2.14. The molecule has 0 bridgehead atoms. The third-order valence-electron chi connectivity index (χ3n) is 2.89. The van der Waals surface area contributed by atoms with Crippen molar-refractivity contribution in [3.8, 4) is 0 Å². The maximum Gasteiger partial charge on any atom is 0.339 e. The molecule has 0 spiro atoms. The molecule has 1 atom stereocenters. The van der Waals surface area contributed by atoms with Gasteiger partial charge in [0, 0.05) is 6.04 Å². The predicted octanol–water partition coefficient (Wildman–Crippen LogP) is 2.97. The van der Waals surface area contributed by atoms with Crippen molar-refractivity contribution >= 4 is 5.97 Å². The average molecular weight is 263 g/mol. The van der Waals surface area contributed by atoms with E-state index in [0.29, 0.717) is 5.76 Å². The van der Waals surface area contributed by atoms with E-state index in [2.05, 4.69) is 5.32 Å². The molecule has 0 amide bonds. The van der Waals surface area contributed by atoms with E-state index in [1.54, 1.807) is 12.1 Å². The smallest absolute Gasteiger partial charge is 0.339 e. The van der Waals surface area contributed by atoms with Crippen LogP contribution in [0.15, 0.2) is 41.0 Å². The number of carbonyl (C=O) groups is 1. The maximum atomic E-state index is 13.1. The van der Waals surface area contributed by atoms with Crippen LogP contribution in [0.25, 0.3) is 0 Å². The SMILES string of the molecule is C[C@H](NCc1occc1C(=O)O)c1cccc(F)c1. The number of aromatic carboxylic acids is 1. The number of benzene rings is 1.